The van der Waals surface area contributed by atoms with E-state index in [1.54, 1.807) is 0 Å². The molecule has 260 valence electrons. The van der Waals surface area contributed by atoms with Crippen LogP contribution in [0.2, 0.25) is 0 Å². The molecule has 2 heteroatoms. The zero-order valence-electron chi connectivity index (χ0n) is 30.5. The van der Waals surface area contributed by atoms with E-state index < -0.39 is 5.41 Å². The highest BCUT2D eigenvalue weighted by atomic mass is 15.0. The Labute approximate surface area is 325 Å². The van der Waals surface area contributed by atoms with Crippen molar-refractivity contribution < 1.29 is 0 Å². The van der Waals surface area contributed by atoms with Gasteiger partial charge in [0.1, 0.15) is 0 Å². The van der Waals surface area contributed by atoms with E-state index in [0.29, 0.717) is 0 Å². The zero-order chi connectivity index (χ0) is 36.8. The summed E-state index contributed by atoms with van der Waals surface area (Å²) < 4.78 is 2.47. The smallest absolute Gasteiger partial charge is 0.0726 e. The van der Waals surface area contributed by atoms with E-state index in [2.05, 4.69) is 198 Å². The maximum atomic E-state index is 4.60. The lowest BCUT2D eigenvalue weighted by atomic mass is 9.70. The van der Waals surface area contributed by atoms with Crippen LogP contribution in [-0.2, 0) is 5.41 Å². The van der Waals surface area contributed by atoms with E-state index in [1.807, 2.05) is 18.3 Å². The first-order valence-electron chi connectivity index (χ1n) is 19.4. The molecule has 0 atom stereocenters. The minimum absolute atomic E-state index is 0.398. The number of hydrogen-bond acceptors (Lipinski definition) is 1. The van der Waals surface area contributed by atoms with Gasteiger partial charge in [-0.15, -0.1) is 0 Å². The Morgan fingerprint density at radius 3 is 1.52 bits per heavy atom. The molecule has 2 heterocycles. The van der Waals surface area contributed by atoms with E-state index in [-0.39, 0.29) is 0 Å². The van der Waals surface area contributed by atoms with Crippen LogP contribution in [0.25, 0.3) is 83.3 Å². The molecular formula is C54H34N2. The maximum absolute atomic E-state index is 4.60. The number of fused-ring (bicyclic) bond motifs is 13. The second kappa shape index (κ2) is 11.9. The standard InChI is InChI=1S/C54H34N2/c1-2-18-40(19-3-1)56-52-28-27-38(36-15-12-14-35(30-36)37-16-13-17-39(31-37)51-26-10-11-29-55-51)32-45(52)46-33-44-43-22-6-9-25-49(43)54(50(44)34-53(46)56)47-23-7-4-20-41(47)42-21-5-8-24-48(42)54/h1-34H. The fraction of sp³-hybridized carbons (Fsp3) is 0.0185. The third-order valence-electron chi connectivity index (χ3n) is 12.2. The molecule has 2 aromatic heterocycles. The second-order valence-electron chi connectivity index (χ2n) is 15.1. The first-order chi connectivity index (χ1) is 27.8. The van der Waals surface area contributed by atoms with Crippen molar-refractivity contribution >= 4 is 21.8 Å². The lowest BCUT2D eigenvalue weighted by Gasteiger charge is -2.30. The third-order valence-corrected chi connectivity index (χ3v) is 12.2. The van der Waals surface area contributed by atoms with Crippen LogP contribution in [0, 0.1) is 0 Å². The normalized spacial score (nSPS) is 13.1. The van der Waals surface area contributed by atoms with E-state index in [0.717, 1.165) is 16.9 Å². The molecule has 56 heavy (non-hydrogen) atoms. The first kappa shape index (κ1) is 31.1. The molecule has 1 spiro atoms. The minimum atomic E-state index is -0.398. The van der Waals surface area contributed by atoms with Crippen molar-refractivity contribution in [3.8, 4) is 61.5 Å². The molecule has 0 saturated heterocycles. The molecule has 0 amide bonds. The van der Waals surface area contributed by atoms with Crippen LogP contribution in [0.1, 0.15) is 22.3 Å². The number of rotatable bonds is 4. The minimum Gasteiger partial charge on any atom is -0.309 e. The SMILES string of the molecule is c1ccc(-n2c3ccc(-c4cccc(-c5cccc(-c6ccccn6)c5)c4)cc3c3cc4c(cc32)C2(c3ccccc3-c3ccccc32)c2ccccc2-4)cc1. The van der Waals surface area contributed by atoms with E-state index >= 15 is 0 Å². The first-order valence-corrected chi connectivity index (χ1v) is 19.4. The van der Waals surface area contributed by atoms with Gasteiger partial charge in [-0.25, -0.2) is 0 Å². The molecule has 0 aliphatic heterocycles. The number of benzene rings is 8. The fourth-order valence-corrected chi connectivity index (χ4v) is 9.91. The highest BCUT2D eigenvalue weighted by Gasteiger charge is 2.51. The van der Waals surface area contributed by atoms with Gasteiger partial charge in [0.15, 0.2) is 0 Å². The Hall–Kier alpha value is -7.29. The molecule has 0 saturated carbocycles. The van der Waals surface area contributed by atoms with Gasteiger partial charge >= 0.3 is 0 Å². The summed E-state index contributed by atoms with van der Waals surface area (Å²) in [6, 6.07) is 73.8. The molecule has 0 fully saturated rings. The summed E-state index contributed by atoms with van der Waals surface area (Å²) in [6.45, 7) is 0. The molecule has 8 aromatic carbocycles. The summed E-state index contributed by atoms with van der Waals surface area (Å²) >= 11 is 0. The molecule has 0 N–H and O–H groups in total. The Morgan fingerprint density at radius 1 is 0.339 bits per heavy atom. The summed E-state index contributed by atoms with van der Waals surface area (Å²) in [5.41, 5.74) is 20.7. The van der Waals surface area contributed by atoms with Crippen molar-refractivity contribution in [2.45, 2.75) is 5.41 Å². The second-order valence-corrected chi connectivity index (χ2v) is 15.1. The van der Waals surface area contributed by atoms with Gasteiger partial charge < -0.3 is 4.57 Å². The average molecular weight is 711 g/mol. The van der Waals surface area contributed by atoms with E-state index in [4.69, 9.17) is 0 Å². The number of hydrogen-bond donors (Lipinski definition) is 0. The number of para-hydroxylation sites is 1. The van der Waals surface area contributed by atoms with Crippen LogP contribution >= 0.6 is 0 Å². The average Bonchev–Trinajstić information content (AvgIpc) is 3.87. The van der Waals surface area contributed by atoms with Gasteiger partial charge in [0.05, 0.1) is 22.1 Å². The van der Waals surface area contributed by atoms with Gasteiger partial charge in [-0.05, 0) is 127 Å². The Kier molecular flexibility index (Phi) is 6.58. The zero-order valence-corrected chi connectivity index (χ0v) is 30.5. The van der Waals surface area contributed by atoms with Crippen molar-refractivity contribution in [3.63, 3.8) is 0 Å². The quantitative estimate of drug-likeness (QED) is 0.178. The lowest BCUT2D eigenvalue weighted by Crippen LogP contribution is -2.25. The fourth-order valence-electron chi connectivity index (χ4n) is 9.91. The van der Waals surface area contributed by atoms with Gasteiger partial charge in [0.2, 0.25) is 0 Å². The molecule has 2 aliphatic rings. The van der Waals surface area contributed by atoms with Gasteiger partial charge in [-0.1, -0.05) is 140 Å². The Balaban J connectivity index is 1.09. The van der Waals surface area contributed by atoms with E-state index in [1.165, 1.54) is 88.6 Å². The highest BCUT2D eigenvalue weighted by molar-refractivity contribution is 6.13. The van der Waals surface area contributed by atoms with Crippen LogP contribution in [0.15, 0.2) is 206 Å². The molecule has 0 radical (unpaired) electrons. The summed E-state index contributed by atoms with van der Waals surface area (Å²) in [4.78, 5) is 4.60. The topological polar surface area (TPSA) is 17.8 Å². The van der Waals surface area contributed by atoms with Crippen molar-refractivity contribution in [1.82, 2.24) is 9.55 Å². The summed E-state index contributed by atoms with van der Waals surface area (Å²) in [7, 11) is 0. The van der Waals surface area contributed by atoms with Crippen LogP contribution in [0.3, 0.4) is 0 Å². The van der Waals surface area contributed by atoms with Crippen molar-refractivity contribution in [2.75, 3.05) is 0 Å². The summed E-state index contributed by atoms with van der Waals surface area (Å²) in [5.74, 6) is 0. The van der Waals surface area contributed by atoms with Crippen molar-refractivity contribution in [2.24, 2.45) is 0 Å². The van der Waals surface area contributed by atoms with Crippen LogP contribution < -0.4 is 0 Å². The van der Waals surface area contributed by atoms with Gasteiger partial charge in [0, 0.05) is 28.2 Å². The predicted octanol–water partition coefficient (Wildman–Crippen LogP) is 13.5. The van der Waals surface area contributed by atoms with Crippen LogP contribution in [-0.4, -0.2) is 9.55 Å². The van der Waals surface area contributed by atoms with E-state index in [9.17, 15) is 0 Å². The molecule has 10 aromatic rings. The maximum Gasteiger partial charge on any atom is 0.0726 e. The molecular weight excluding hydrogens is 677 g/mol. The monoisotopic (exact) mass is 710 g/mol. The number of aromatic nitrogens is 2. The van der Waals surface area contributed by atoms with Crippen molar-refractivity contribution in [1.29, 1.82) is 0 Å². The molecule has 2 aliphatic carbocycles. The lowest BCUT2D eigenvalue weighted by molar-refractivity contribution is 0.794. The van der Waals surface area contributed by atoms with Crippen LogP contribution in [0.4, 0.5) is 0 Å². The largest absolute Gasteiger partial charge is 0.309 e. The van der Waals surface area contributed by atoms with Crippen molar-refractivity contribution in [3.05, 3.63) is 229 Å². The molecule has 0 bridgehead atoms. The van der Waals surface area contributed by atoms with Gasteiger partial charge in [-0.2, -0.15) is 0 Å². The number of nitrogens with zero attached hydrogens (tertiary/aromatic N) is 2. The van der Waals surface area contributed by atoms with Crippen LogP contribution in [0.5, 0.6) is 0 Å². The third kappa shape index (κ3) is 4.30. The summed E-state index contributed by atoms with van der Waals surface area (Å²) in [6.07, 6.45) is 1.85. The Bertz CT molecular complexity index is 3140. The molecule has 12 rings (SSSR count). The highest BCUT2D eigenvalue weighted by Crippen LogP contribution is 2.63. The predicted molar refractivity (Wildman–Crippen MR) is 231 cm³/mol. The summed E-state index contributed by atoms with van der Waals surface area (Å²) in [5, 5.41) is 2.51. The van der Waals surface area contributed by atoms with Gasteiger partial charge in [0.25, 0.3) is 0 Å². The van der Waals surface area contributed by atoms with Gasteiger partial charge in [-0.3, -0.25) is 4.98 Å². The Morgan fingerprint density at radius 2 is 0.875 bits per heavy atom. The molecule has 0 unspecified atom stereocenters. The number of pyridine rings is 1. The molecule has 2 nitrogen and oxygen atoms in total.